The maximum absolute atomic E-state index is 12.3. The molecule has 1 aromatic heterocycles. The standard InChI is InChI=1S/C19H18ClN3O2S/c1-3-13-4-10-16(11-5-13)21-17(24)12(2)26-19-23-22-18(25-19)14-6-8-15(20)9-7-14/h4-12H,3H2,1-2H3,(H,21,24)/t12-/m0/s1. The lowest BCUT2D eigenvalue weighted by Gasteiger charge is -2.10. The van der Waals surface area contributed by atoms with Gasteiger partial charge in [-0.1, -0.05) is 42.4 Å². The first-order valence-corrected chi connectivity index (χ1v) is 9.47. The summed E-state index contributed by atoms with van der Waals surface area (Å²) in [5.74, 6) is 0.275. The lowest BCUT2D eigenvalue weighted by molar-refractivity contribution is -0.115. The van der Waals surface area contributed by atoms with Crippen LogP contribution in [0.3, 0.4) is 0 Å². The third kappa shape index (κ3) is 4.65. The van der Waals surface area contributed by atoms with Crippen molar-refractivity contribution in [3.8, 4) is 11.5 Å². The lowest BCUT2D eigenvalue weighted by atomic mass is 10.1. The Labute approximate surface area is 161 Å². The lowest BCUT2D eigenvalue weighted by Crippen LogP contribution is -2.22. The van der Waals surface area contributed by atoms with Crippen LogP contribution in [0, 0.1) is 0 Å². The minimum absolute atomic E-state index is 0.120. The highest BCUT2D eigenvalue weighted by molar-refractivity contribution is 8.00. The predicted molar refractivity (Wildman–Crippen MR) is 105 cm³/mol. The fourth-order valence-electron chi connectivity index (χ4n) is 2.24. The SMILES string of the molecule is CCc1ccc(NC(=O)[C@H](C)Sc2nnc(-c3ccc(Cl)cc3)o2)cc1. The van der Waals surface area contributed by atoms with Crippen LogP contribution in [0.15, 0.2) is 58.2 Å². The molecule has 1 N–H and O–H groups in total. The molecule has 1 atom stereocenters. The Hall–Kier alpha value is -2.31. The number of rotatable bonds is 6. The molecule has 1 amide bonds. The summed E-state index contributed by atoms with van der Waals surface area (Å²) in [6, 6.07) is 14.9. The second-order valence-electron chi connectivity index (χ2n) is 5.68. The van der Waals surface area contributed by atoms with Gasteiger partial charge in [-0.3, -0.25) is 4.79 Å². The number of carbonyl (C=O) groups excluding carboxylic acids is 1. The van der Waals surface area contributed by atoms with Crippen LogP contribution < -0.4 is 5.32 Å². The van der Waals surface area contributed by atoms with Gasteiger partial charge in [0.2, 0.25) is 11.8 Å². The first-order chi connectivity index (χ1) is 12.5. The molecular formula is C19H18ClN3O2S. The molecule has 3 rings (SSSR count). The number of hydrogen-bond donors (Lipinski definition) is 1. The van der Waals surface area contributed by atoms with Crippen LogP contribution in [-0.2, 0) is 11.2 Å². The summed E-state index contributed by atoms with van der Waals surface area (Å²) in [6.45, 7) is 3.89. The quantitative estimate of drug-likeness (QED) is 0.598. The Bertz CT molecular complexity index is 879. The number of thioether (sulfide) groups is 1. The molecule has 0 aliphatic carbocycles. The van der Waals surface area contributed by atoms with E-state index >= 15 is 0 Å². The molecule has 0 saturated heterocycles. The van der Waals surface area contributed by atoms with Crippen molar-refractivity contribution < 1.29 is 9.21 Å². The molecule has 0 radical (unpaired) electrons. The number of aryl methyl sites for hydroxylation is 1. The number of aromatic nitrogens is 2. The van der Waals surface area contributed by atoms with Crippen molar-refractivity contribution in [1.29, 1.82) is 0 Å². The molecule has 2 aromatic carbocycles. The van der Waals surface area contributed by atoms with Crippen molar-refractivity contribution in [2.75, 3.05) is 5.32 Å². The molecule has 0 aliphatic rings. The van der Waals surface area contributed by atoms with Crippen LogP contribution in [0.5, 0.6) is 0 Å². The molecule has 26 heavy (non-hydrogen) atoms. The van der Waals surface area contributed by atoms with E-state index in [9.17, 15) is 4.79 Å². The van der Waals surface area contributed by atoms with E-state index in [1.54, 1.807) is 31.2 Å². The monoisotopic (exact) mass is 387 g/mol. The molecule has 3 aromatic rings. The number of nitrogens with zero attached hydrogens (tertiary/aromatic N) is 2. The van der Waals surface area contributed by atoms with Crippen molar-refractivity contribution in [3.63, 3.8) is 0 Å². The molecule has 0 spiro atoms. The third-order valence-electron chi connectivity index (χ3n) is 3.77. The summed E-state index contributed by atoms with van der Waals surface area (Å²) in [5.41, 5.74) is 2.78. The Morgan fingerprint density at radius 2 is 1.85 bits per heavy atom. The van der Waals surface area contributed by atoms with Crippen LogP contribution in [0.25, 0.3) is 11.5 Å². The summed E-state index contributed by atoms with van der Waals surface area (Å²) in [6.07, 6.45) is 0.966. The van der Waals surface area contributed by atoms with E-state index in [-0.39, 0.29) is 11.2 Å². The topological polar surface area (TPSA) is 68.0 Å². The second-order valence-corrected chi connectivity index (χ2v) is 7.41. The highest BCUT2D eigenvalue weighted by Crippen LogP contribution is 2.27. The Morgan fingerprint density at radius 1 is 1.15 bits per heavy atom. The summed E-state index contributed by atoms with van der Waals surface area (Å²) in [4.78, 5) is 12.3. The maximum Gasteiger partial charge on any atom is 0.277 e. The zero-order valence-corrected chi connectivity index (χ0v) is 16.0. The molecule has 0 fully saturated rings. The maximum atomic E-state index is 12.3. The summed E-state index contributed by atoms with van der Waals surface area (Å²) >= 11 is 7.10. The molecule has 1 heterocycles. The van der Waals surface area contributed by atoms with Gasteiger partial charge in [0.1, 0.15) is 0 Å². The molecule has 134 valence electrons. The number of hydrogen-bond acceptors (Lipinski definition) is 5. The second kappa shape index (κ2) is 8.38. The fraction of sp³-hybridized carbons (Fsp3) is 0.211. The number of amides is 1. The molecule has 0 unspecified atom stereocenters. The van der Waals surface area contributed by atoms with Gasteiger partial charge in [-0.15, -0.1) is 10.2 Å². The molecule has 7 heteroatoms. The van der Waals surface area contributed by atoms with Crippen LogP contribution >= 0.6 is 23.4 Å². The summed E-state index contributed by atoms with van der Waals surface area (Å²) in [5, 5.41) is 11.5. The number of halogens is 1. The van der Waals surface area contributed by atoms with Gasteiger partial charge in [0.25, 0.3) is 5.22 Å². The zero-order valence-electron chi connectivity index (χ0n) is 14.4. The van der Waals surface area contributed by atoms with E-state index in [0.717, 1.165) is 17.7 Å². The number of nitrogens with one attached hydrogen (secondary N) is 1. The molecule has 5 nitrogen and oxygen atoms in total. The van der Waals surface area contributed by atoms with E-state index in [1.165, 1.54) is 17.3 Å². The van der Waals surface area contributed by atoms with Crippen molar-refractivity contribution in [1.82, 2.24) is 10.2 Å². The van der Waals surface area contributed by atoms with E-state index in [2.05, 4.69) is 22.4 Å². The highest BCUT2D eigenvalue weighted by atomic mass is 35.5. The Balaban J connectivity index is 1.61. The van der Waals surface area contributed by atoms with Gasteiger partial charge in [-0.25, -0.2) is 0 Å². The minimum atomic E-state index is -0.376. The van der Waals surface area contributed by atoms with Crippen molar-refractivity contribution in [3.05, 3.63) is 59.1 Å². The van der Waals surface area contributed by atoms with Gasteiger partial charge in [-0.2, -0.15) is 0 Å². The average molecular weight is 388 g/mol. The van der Waals surface area contributed by atoms with Crippen molar-refractivity contribution in [2.24, 2.45) is 0 Å². The van der Waals surface area contributed by atoms with Crippen molar-refractivity contribution >= 4 is 35.0 Å². The van der Waals surface area contributed by atoms with Crippen LogP contribution in [-0.4, -0.2) is 21.4 Å². The summed E-state index contributed by atoms with van der Waals surface area (Å²) < 4.78 is 5.63. The van der Waals surface area contributed by atoms with Gasteiger partial charge >= 0.3 is 0 Å². The van der Waals surface area contributed by atoms with Gasteiger partial charge in [0.15, 0.2) is 0 Å². The van der Waals surface area contributed by atoms with Crippen LogP contribution in [0.4, 0.5) is 5.69 Å². The van der Waals surface area contributed by atoms with Crippen LogP contribution in [0.2, 0.25) is 5.02 Å². The van der Waals surface area contributed by atoms with Gasteiger partial charge in [-0.05, 0) is 55.3 Å². The molecular weight excluding hydrogens is 370 g/mol. The third-order valence-corrected chi connectivity index (χ3v) is 4.96. The number of carbonyl (C=O) groups is 1. The zero-order chi connectivity index (χ0) is 18.5. The molecule has 0 saturated carbocycles. The summed E-state index contributed by atoms with van der Waals surface area (Å²) in [7, 11) is 0. The Morgan fingerprint density at radius 3 is 2.50 bits per heavy atom. The first kappa shape index (κ1) is 18.5. The van der Waals surface area contributed by atoms with Crippen molar-refractivity contribution in [2.45, 2.75) is 30.7 Å². The largest absolute Gasteiger partial charge is 0.411 e. The van der Waals surface area contributed by atoms with Crippen LogP contribution in [0.1, 0.15) is 19.4 Å². The van der Waals surface area contributed by atoms with Gasteiger partial charge in [0, 0.05) is 16.3 Å². The predicted octanol–water partition coefficient (Wildman–Crippen LogP) is 5.07. The van der Waals surface area contributed by atoms with E-state index in [0.29, 0.717) is 16.1 Å². The highest BCUT2D eigenvalue weighted by Gasteiger charge is 2.19. The van der Waals surface area contributed by atoms with E-state index in [4.69, 9.17) is 16.0 Å². The molecule has 0 bridgehead atoms. The minimum Gasteiger partial charge on any atom is -0.411 e. The molecule has 0 aliphatic heterocycles. The smallest absolute Gasteiger partial charge is 0.277 e. The van der Waals surface area contributed by atoms with E-state index in [1.807, 2.05) is 24.3 Å². The first-order valence-electron chi connectivity index (χ1n) is 8.21. The number of anilines is 1. The van der Waals surface area contributed by atoms with E-state index < -0.39 is 0 Å². The normalized spacial score (nSPS) is 12.0. The number of benzene rings is 2. The Kier molecular flexibility index (Phi) is 5.96. The average Bonchev–Trinajstić information content (AvgIpc) is 3.11. The fourth-order valence-corrected chi connectivity index (χ4v) is 3.05. The van der Waals surface area contributed by atoms with Gasteiger partial charge < -0.3 is 9.73 Å². The van der Waals surface area contributed by atoms with Gasteiger partial charge in [0.05, 0.1) is 5.25 Å².